The molecule has 2 N–H and O–H groups in total. The predicted octanol–water partition coefficient (Wildman–Crippen LogP) is 2.03. The Bertz CT molecular complexity index is 417. The second-order valence-electron chi connectivity index (χ2n) is 4.05. The number of nitrogens with one attached hydrogen (secondary N) is 1. The fourth-order valence-electron chi connectivity index (χ4n) is 2.14. The van der Waals surface area contributed by atoms with Crippen LogP contribution in [0.5, 0.6) is 0 Å². The number of anilines is 2. The van der Waals surface area contributed by atoms with Crippen LogP contribution in [-0.2, 0) is 0 Å². The molecule has 0 aliphatic carbocycles. The topological polar surface area (TPSA) is 52.6 Å². The highest BCUT2D eigenvalue weighted by Crippen LogP contribution is 2.32. The SMILES string of the molecule is CCN1c2cc(C(=O)O)ccc2NCC1C. The summed E-state index contributed by atoms with van der Waals surface area (Å²) in [7, 11) is 0. The maximum Gasteiger partial charge on any atom is 0.335 e. The van der Waals surface area contributed by atoms with Gasteiger partial charge in [-0.2, -0.15) is 0 Å². The summed E-state index contributed by atoms with van der Waals surface area (Å²) in [5.41, 5.74) is 2.35. The quantitative estimate of drug-likeness (QED) is 0.800. The van der Waals surface area contributed by atoms with E-state index in [-0.39, 0.29) is 0 Å². The van der Waals surface area contributed by atoms with Crippen molar-refractivity contribution in [3.05, 3.63) is 23.8 Å². The number of carboxylic acids is 1. The second-order valence-corrected chi connectivity index (χ2v) is 4.05. The Labute approximate surface area is 94.9 Å². The second kappa shape index (κ2) is 4.04. The van der Waals surface area contributed by atoms with Crippen LogP contribution < -0.4 is 10.2 Å². The van der Waals surface area contributed by atoms with Crippen molar-refractivity contribution in [1.82, 2.24) is 0 Å². The molecule has 4 nitrogen and oxygen atoms in total. The molecule has 86 valence electrons. The third kappa shape index (κ3) is 1.71. The zero-order valence-electron chi connectivity index (χ0n) is 9.53. The summed E-state index contributed by atoms with van der Waals surface area (Å²) in [6.45, 7) is 6.00. The van der Waals surface area contributed by atoms with Gasteiger partial charge >= 0.3 is 5.97 Å². The van der Waals surface area contributed by atoms with Crippen LogP contribution in [0.2, 0.25) is 0 Å². The van der Waals surface area contributed by atoms with E-state index in [9.17, 15) is 4.79 Å². The van der Waals surface area contributed by atoms with Crippen molar-refractivity contribution >= 4 is 17.3 Å². The first-order valence-electron chi connectivity index (χ1n) is 5.51. The fourth-order valence-corrected chi connectivity index (χ4v) is 2.14. The number of fused-ring (bicyclic) bond motifs is 1. The molecule has 0 fully saturated rings. The molecule has 0 bridgehead atoms. The highest BCUT2D eigenvalue weighted by molar-refractivity contribution is 5.91. The Hall–Kier alpha value is -1.71. The van der Waals surface area contributed by atoms with Crippen LogP contribution >= 0.6 is 0 Å². The Morgan fingerprint density at radius 2 is 2.38 bits per heavy atom. The maximum absolute atomic E-state index is 10.9. The summed E-state index contributed by atoms with van der Waals surface area (Å²) in [5, 5.41) is 12.3. The zero-order valence-corrected chi connectivity index (χ0v) is 9.53. The van der Waals surface area contributed by atoms with Gasteiger partial charge in [0.25, 0.3) is 0 Å². The maximum atomic E-state index is 10.9. The van der Waals surface area contributed by atoms with E-state index < -0.39 is 5.97 Å². The molecule has 0 saturated carbocycles. The van der Waals surface area contributed by atoms with Crippen molar-refractivity contribution in [1.29, 1.82) is 0 Å². The Morgan fingerprint density at radius 3 is 3.00 bits per heavy atom. The van der Waals surface area contributed by atoms with Crippen LogP contribution in [-0.4, -0.2) is 30.2 Å². The summed E-state index contributed by atoms with van der Waals surface area (Å²) in [4.78, 5) is 13.1. The monoisotopic (exact) mass is 220 g/mol. The van der Waals surface area contributed by atoms with Crippen LogP contribution in [0.4, 0.5) is 11.4 Å². The number of carbonyl (C=O) groups is 1. The van der Waals surface area contributed by atoms with Crippen molar-refractivity contribution in [2.75, 3.05) is 23.3 Å². The van der Waals surface area contributed by atoms with Gasteiger partial charge in [-0.3, -0.25) is 0 Å². The highest BCUT2D eigenvalue weighted by Gasteiger charge is 2.22. The lowest BCUT2D eigenvalue weighted by atomic mass is 10.1. The highest BCUT2D eigenvalue weighted by atomic mass is 16.4. The van der Waals surface area contributed by atoms with Gasteiger partial charge in [0.2, 0.25) is 0 Å². The van der Waals surface area contributed by atoms with Crippen LogP contribution in [0.15, 0.2) is 18.2 Å². The molecule has 1 aliphatic heterocycles. The normalized spacial score (nSPS) is 18.9. The van der Waals surface area contributed by atoms with Gasteiger partial charge in [-0.1, -0.05) is 0 Å². The predicted molar refractivity (Wildman–Crippen MR) is 64.4 cm³/mol. The zero-order chi connectivity index (χ0) is 11.7. The van der Waals surface area contributed by atoms with Gasteiger partial charge in [0.15, 0.2) is 0 Å². The van der Waals surface area contributed by atoms with E-state index in [1.54, 1.807) is 12.1 Å². The molecule has 0 saturated heterocycles. The lowest BCUT2D eigenvalue weighted by molar-refractivity contribution is 0.0697. The van der Waals surface area contributed by atoms with E-state index in [1.165, 1.54) is 0 Å². The first kappa shape index (κ1) is 10.8. The van der Waals surface area contributed by atoms with Crippen molar-refractivity contribution in [2.24, 2.45) is 0 Å². The standard InChI is InChI=1S/C12H16N2O2/c1-3-14-8(2)7-13-10-5-4-9(12(15)16)6-11(10)14/h4-6,8,13H,3,7H2,1-2H3,(H,15,16). The van der Waals surface area contributed by atoms with Gasteiger partial charge < -0.3 is 15.3 Å². The number of carboxylic acid groups (broad SMARTS) is 1. The van der Waals surface area contributed by atoms with Crippen molar-refractivity contribution in [3.8, 4) is 0 Å². The molecule has 0 spiro atoms. The largest absolute Gasteiger partial charge is 0.478 e. The number of benzene rings is 1. The number of rotatable bonds is 2. The minimum absolute atomic E-state index is 0.341. The molecule has 1 aromatic carbocycles. The van der Waals surface area contributed by atoms with Gasteiger partial charge in [-0.05, 0) is 32.0 Å². The van der Waals surface area contributed by atoms with E-state index in [4.69, 9.17) is 5.11 Å². The molecule has 1 aliphatic rings. The van der Waals surface area contributed by atoms with Crippen molar-refractivity contribution in [2.45, 2.75) is 19.9 Å². The first-order valence-corrected chi connectivity index (χ1v) is 5.51. The van der Waals surface area contributed by atoms with Gasteiger partial charge in [-0.15, -0.1) is 0 Å². The Kier molecular flexibility index (Phi) is 2.73. The van der Waals surface area contributed by atoms with Crippen LogP contribution in [0.1, 0.15) is 24.2 Å². The van der Waals surface area contributed by atoms with Crippen LogP contribution in [0.3, 0.4) is 0 Å². The summed E-state index contributed by atoms with van der Waals surface area (Å²) >= 11 is 0. The molecule has 0 radical (unpaired) electrons. The number of likely N-dealkylation sites (N-methyl/N-ethyl adjacent to an activating group) is 1. The third-order valence-corrected chi connectivity index (χ3v) is 3.01. The van der Waals surface area contributed by atoms with Crippen LogP contribution in [0.25, 0.3) is 0 Å². The molecule has 4 heteroatoms. The van der Waals surface area contributed by atoms with E-state index in [1.807, 2.05) is 6.07 Å². The van der Waals surface area contributed by atoms with E-state index in [0.29, 0.717) is 11.6 Å². The molecule has 1 aromatic rings. The minimum atomic E-state index is -0.878. The average Bonchev–Trinajstić information content (AvgIpc) is 2.28. The summed E-state index contributed by atoms with van der Waals surface area (Å²) < 4.78 is 0. The molecule has 1 unspecified atom stereocenters. The van der Waals surface area contributed by atoms with Crippen LogP contribution in [0, 0.1) is 0 Å². The smallest absolute Gasteiger partial charge is 0.335 e. The molecule has 1 heterocycles. The third-order valence-electron chi connectivity index (χ3n) is 3.01. The molecular weight excluding hydrogens is 204 g/mol. The molecule has 16 heavy (non-hydrogen) atoms. The van der Waals surface area contributed by atoms with Crippen molar-refractivity contribution < 1.29 is 9.90 Å². The van der Waals surface area contributed by atoms with E-state index in [2.05, 4.69) is 24.1 Å². The molecule has 2 rings (SSSR count). The molecule has 0 aromatic heterocycles. The Balaban J connectivity index is 2.45. The summed E-state index contributed by atoms with van der Waals surface area (Å²) in [6, 6.07) is 5.61. The summed E-state index contributed by atoms with van der Waals surface area (Å²) in [5.74, 6) is -0.878. The number of nitrogens with zero attached hydrogens (tertiary/aromatic N) is 1. The minimum Gasteiger partial charge on any atom is -0.478 e. The van der Waals surface area contributed by atoms with E-state index in [0.717, 1.165) is 24.5 Å². The van der Waals surface area contributed by atoms with Crippen molar-refractivity contribution in [3.63, 3.8) is 0 Å². The lowest BCUT2D eigenvalue weighted by Gasteiger charge is -2.37. The summed E-state index contributed by atoms with van der Waals surface area (Å²) in [6.07, 6.45) is 0. The average molecular weight is 220 g/mol. The Morgan fingerprint density at radius 1 is 1.62 bits per heavy atom. The van der Waals surface area contributed by atoms with Gasteiger partial charge in [-0.25, -0.2) is 4.79 Å². The lowest BCUT2D eigenvalue weighted by Crippen LogP contribution is -2.42. The first-order chi connectivity index (χ1) is 7.63. The van der Waals surface area contributed by atoms with E-state index >= 15 is 0 Å². The molecule has 1 atom stereocenters. The van der Waals surface area contributed by atoms with Gasteiger partial charge in [0, 0.05) is 19.1 Å². The number of aromatic carboxylic acids is 1. The molecular formula is C12H16N2O2. The number of hydrogen-bond donors (Lipinski definition) is 2. The van der Waals surface area contributed by atoms with Gasteiger partial charge in [0.1, 0.15) is 0 Å². The molecule has 0 amide bonds. The fraction of sp³-hybridized carbons (Fsp3) is 0.417. The van der Waals surface area contributed by atoms with Gasteiger partial charge in [0.05, 0.1) is 16.9 Å². The number of hydrogen-bond acceptors (Lipinski definition) is 3.